The van der Waals surface area contributed by atoms with Crippen molar-refractivity contribution in [3.05, 3.63) is 52.7 Å². The van der Waals surface area contributed by atoms with Gasteiger partial charge < -0.3 is 24.1 Å². The summed E-state index contributed by atoms with van der Waals surface area (Å²) in [4.78, 5) is 18.5. The maximum absolute atomic E-state index is 13.2. The maximum Gasteiger partial charge on any atom is 0.254 e. The largest absolute Gasteiger partial charge is 0.496 e. The molecule has 0 saturated heterocycles. The van der Waals surface area contributed by atoms with E-state index in [1.165, 1.54) is 10.9 Å². The number of benzene rings is 2. The number of carbonyl (C=O) groups excluding carboxylic acids is 1. The highest BCUT2D eigenvalue weighted by molar-refractivity contribution is 5.96. The predicted molar refractivity (Wildman–Crippen MR) is 101 cm³/mol. The minimum Gasteiger partial charge on any atom is -0.496 e. The van der Waals surface area contributed by atoms with Crippen LogP contribution in [0.1, 0.15) is 27.2 Å². The van der Waals surface area contributed by atoms with Crippen LogP contribution in [0.2, 0.25) is 0 Å². The first-order valence-electron chi connectivity index (χ1n) is 9.01. The van der Waals surface area contributed by atoms with Gasteiger partial charge in [0, 0.05) is 34.3 Å². The van der Waals surface area contributed by atoms with Gasteiger partial charge in [-0.1, -0.05) is 0 Å². The number of ether oxygens (including phenoxy) is 3. The van der Waals surface area contributed by atoms with Crippen LogP contribution in [0.4, 0.5) is 0 Å². The lowest BCUT2D eigenvalue weighted by molar-refractivity contribution is 0.0746. The molecule has 3 heterocycles. The van der Waals surface area contributed by atoms with Gasteiger partial charge in [0.25, 0.3) is 5.91 Å². The number of amides is 1. The van der Waals surface area contributed by atoms with Crippen LogP contribution in [0, 0.1) is 6.92 Å². The van der Waals surface area contributed by atoms with Crippen molar-refractivity contribution in [2.75, 3.05) is 20.4 Å². The van der Waals surface area contributed by atoms with Gasteiger partial charge in [-0.25, -0.2) is 0 Å². The number of rotatable bonds is 2. The Morgan fingerprint density at radius 1 is 1.15 bits per heavy atom. The Morgan fingerprint density at radius 2 is 2.00 bits per heavy atom. The van der Waals surface area contributed by atoms with Crippen LogP contribution in [0.5, 0.6) is 17.2 Å². The van der Waals surface area contributed by atoms with E-state index in [0.717, 1.165) is 28.9 Å². The van der Waals surface area contributed by atoms with Crippen molar-refractivity contribution in [1.29, 1.82) is 0 Å². The lowest BCUT2D eigenvalue weighted by Gasteiger charge is -2.22. The van der Waals surface area contributed by atoms with Gasteiger partial charge in [-0.2, -0.15) is 0 Å². The molecule has 0 fully saturated rings. The van der Waals surface area contributed by atoms with E-state index < -0.39 is 0 Å². The minimum atomic E-state index is -0.0147. The zero-order valence-corrected chi connectivity index (χ0v) is 15.3. The molecule has 6 heteroatoms. The second-order valence-corrected chi connectivity index (χ2v) is 6.94. The summed E-state index contributed by atoms with van der Waals surface area (Å²) in [5.41, 5.74) is 5.17. The van der Waals surface area contributed by atoms with Gasteiger partial charge in [-0.15, -0.1) is 0 Å². The van der Waals surface area contributed by atoms with Gasteiger partial charge in [0.2, 0.25) is 6.79 Å². The van der Waals surface area contributed by atoms with Crippen molar-refractivity contribution in [2.45, 2.75) is 19.9 Å². The number of nitrogens with one attached hydrogen (secondary N) is 1. The molecule has 27 heavy (non-hydrogen) atoms. The van der Waals surface area contributed by atoms with Crippen LogP contribution in [0.15, 0.2) is 30.3 Å². The van der Waals surface area contributed by atoms with Crippen molar-refractivity contribution in [2.24, 2.45) is 0 Å². The van der Waals surface area contributed by atoms with Crippen LogP contribution in [-0.4, -0.2) is 36.2 Å². The molecule has 6 nitrogen and oxygen atoms in total. The number of aryl methyl sites for hydroxylation is 1. The zero-order valence-electron chi connectivity index (χ0n) is 15.3. The second-order valence-electron chi connectivity index (χ2n) is 6.94. The average Bonchev–Trinajstić information content (AvgIpc) is 3.21. The molecule has 1 amide bonds. The lowest BCUT2D eigenvalue weighted by atomic mass is 10.0. The molecule has 0 bridgehead atoms. The summed E-state index contributed by atoms with van der Waals surface area (Å²) >= 11 is 0. The molecule has 3 aromatic rings. The molecular weight excluding hydrogens is 344 g/mol. The van der Waals surface area contributed by atoms with Gasteiger partial charge in [-0.05, 0) is 49.2 Å². The number of aromatic amines is 1. The summed E-state index contributed by atoms with van der Waals surface area (Å²) in [6.45, 7) is 3.45. The molecule has 0 atom stereocenters. The van der Waals surface area contributed by atoms with E-state index in [1.54, 1.807) is 25.3 Å². The predicted octanol–water partition coefficient (Wildman–Crippen LogP) is 3.41. The molecule has 5 rings (SSSR count). The Balaban J connectivity index is 1.54. The van der Waals surface area contributed by atoms with E-state index in [-0.39, 0.29) is 12.7 Å². The Morgan fingerprint density at radius 3 is 2.85 bits per heavy atom. The third kappa shape index (κ3) is 2.44. The van der Waals surface area contributed by atoms with Gasteiger partial charge in [0.05, 0.1) is 13.7 Å². The number of H-pyrrole nitrogens is 1. The van der Waals surface area contributed by atoms with E-state index in [4.69, 9.17) is 14.2 Å². The number of fused-ring (bicyclic) bond motifs is 1. The van der Waals surface area contributed by atoms with Gasteiger partial charge in [-0.3, -0.25) is 4.79 Å². The maximum atomic E-state index is 13.2. The zero-order chi connectivity index (χ0) is 18.5. The molecule has 0 unspecified atom stereocenters. The molecule has 1 N–H and O–H groups in total. The fraction of sp³-hybridized carbons (Fsp3) is 0.286. The third-order valence-corrected chi connectivity index (χ3v) is 5.45. The van der Waals surface area contributed by atoms with Crippen LogP contribution >= 0.6 is 0 Å². The smallest absolute Gasteiger partial charge is 0.254 e. The fourth-order valence-corrected chi connectivity index (χ4v) is 4.11. The Kier molecular flexibility index (Phi) is 3.53. The van der Waals surface area contributed by atoms with Crippen molar-refractivity contribution in [3.63, 3.8) is 0 Å². The highest BCUT2D eigenvalue weighted by Gasteiger charge is 2.27. The summed E-state index contributed by atoms with van der Waals surface area (Å²) in [5, 5.41) is 1.19. The summed E-state index contributed by atoms with van der Waals surface area (Å²) in [6, 6.07) is 9.36. The number of nitrogens with zero attached hydrogens (tertiary/aromatic N) is 1. The quantitative estimate of drug-likeness (QED) is 0.757. The number of hydrogen-bond acceptors (Lipinski definition) is 4. The summed E-state index contributed by atoms with van der Waals surface area (Å²) < 4.78 is 16.4. The average molecular weight is 364 g/mol. The minimum absolute atomic E-state index is 0.0147. The lowest BCUT2D eigenvalue weighted by Crippen LogP contribution is -2.31. The van der Waals surface area contributed by atoms with Crippen molar-refractivity contribution >= 4 is 16.8 Å². The van der Waals surface area contributed by atoms with Crippen LogP contribution in [0.3, 0.4) is 0 Å². The first-order chi connectivity index (χ1) is 13.2. The number of methoxy groups -OCH3 is 1. The monoisotopic (exact) mass is 364 g/mol. The summed E-state index contributed by atoms with van der Waals surface area (Å²) in [6.07, 6.45) is 0.808. The third-order valence-electron chi connectivity index (χ3n) is 5.45. The number of hydrogen-bond donors (Lipinski definition) is 1. The van der Waals surface area contributed by atoms with E-state index in [9.17, 15) is 4.79 Å². The normalized spacial score (nSPS) is 15.1. The van der Waals surface area contributed by atoms with Crippen molar-refractivity contribution in [3.8, 4) is 17.2 Å². The molecule has 0 aliphatic carbocycles. The van der Waals surface area contributed by atoms with Crippen molar-refractivity contribution < 1.29 is 19.0 Å². The van der Waals surface area contributed by atoms with Crippen LogP contribution in [0.25, 0.3) is 10.9 Å². The van der Waals surface area contributed by atoms with Crippen LogP contribution in [-0.2, 0) is 13.0 Å². The van der Waals surface area contributed by atoms with E-state index in [2.05, 4.69) is 11.9 Å². The fourth-order valence-electron chi connectivity index (χ4n) is 4.11. The SMILES string of the molecule is COc1ccc2[nH]c(C)c3c2c1CN(C(=O)c1ccc2c(c1)OCO2)CC3. The molecule has 138 valence electrons. The Bertz CT molecular complexity index is 1070. The first-order valence-corrected chi connectivity index (χ1v) is 9.01. The molecule has 2 aliphatic heterocycles. The van der Waals surface area contributed by atoms with Gasteiger partial charge >= 0.3 is 0 Å². The van der Waals surface area contributed by atoms with Gasteiger partial charge in [0.1, 0.15) is 5.75 Å². The molecule has 0 spiro atoms. The standard InChI is InChI=1S/C21H20N2O4/c1-12-14-7-8-23(10-15-17(25-2)6-4-16(22-12)20(14)15)21(24)13-3-5-18-19(9-13)27-11-26-18/h3-6,9,22H,7-8,10-11H2,1-2H3. The molecule has 2 aliphatic rings. The highest BCUT2D eigenvalue weighted by Crippen LogP contribution is 2.37. The van der Waals surface area contributed by atoms with E-state index in [1.807, 2.05) is 17.0 Å². The molecule has 2 aromatic carbocycles. The van der Waals surface area contributed by atoms with Crippen molar-refractivity contribution in [1.82, 2.24) is 9.88 Å². The molecular formula is C21H20N2O4. The molecule has 0 radical (unpaired) electrons. The Hall–Kier alpha value is -3.15. The molecule has 0 saturated carbocycles. The summed E-state index contributed by atoms with van der Waals surface area (Å²) in [7, 11) is 1.67. The molecule has 1 aromatic heterocycles. The first kappa shape index (κ1) is 16.1. The van der Waals surface area contributed by atoms with Crippen LogP contribution < -0.4 is 14.2 Å². The topological polar surface area (TPSA) is 63.8 Å². The number of carbonyl (C=O) groups is 1. The van der Waals surface area contributed by atoms with Gasteiger partial charge in [0.15, 0.2) is 11.5 Å². The van der Waals surface area contributed by atoms with E-state index >= 15 is 0 Å². The van der Waals surface area contributed by atoms with E-state index in [0.29, 0.717) is 30.2 Å². The second kappa shape index (κ2) is 5.94. The summed E-state index contributed by atoms with van der Waals surface area (Å²) in [5.74, 6) is 2.10. The number of aromatic nitrogens is 1. The highest BCUT2D eigenvalue weighted by atomic mass is 16.7. The Labute approximate surface area is 156 Å².